The van der Waals surface area contributed by atoms with E-state index in [0.717, 1.165) is 29.6 Å². The zero-order chi connectivity index (χ0) is 16.9. The van der Waals surface area contributed by atoms with Crippen molar-refractivity contribution in [3.05, 3.63) is 29.8 Å². The number of hydrogen-bond acceptors (Lipinski definition) is 4. The molecule has 1 aliphatic heterocycles. The monoisotopic (exact) mass is 344 g/mol. The highest BCUT2D eigenvalue weighted by Crippen LogP contribution is 2.30. The number of Topliss-reactive ketones (excluding diaryl/α,β-unsaturated/α-hetero) is 1. The van der Waals surface area contributed by atoms with Crippen LogP contribution in [0, 0.1) is 5.92 Å². The summed E-state index contributed by atoms with van der Waals surface area (Å²) in [5.74, 6) is 1.82. The van der Waals surface area contributed by atoms with Crippen molar-refractivity contribution in [2.75, 3.05) is 12.3 Å². The minimum Gasteiger partial charge on any atom is -0.295 e. The molecule has 1 saturated carbocycles. The molecule has 0 spiro atoms. The van der Waals surface area contributed by atoms with Gasteiger partial charge in [0.1, 0.15) is 0 Å². The summed E-state index contributed by atoms with van der Waals surface area (Å²) in [7, 11) is 0. The van der Waals surface area contributed by atoms with Gasteiger partial charge in [-0.15, -0.1) is 0 Å². The Morgan fingerprint density at radius 1 is 1.17 bits per heavy atom. The molecule has 2 fully saturated rings. The molecule has 5 heteroatoms. The van der Waals surface area contributed by atoms with E-state index in [2.05, 4.69) is 4.99 Å². The summed E-state index contributed by atoms with van der Waals surface area (Å²) < 4.78 is 0. The lowest BCUT2D eigenvalue weighted by molar-refractivity contribution is -0.128. The molecule has 4 nitrogen and oxygen atoms in total. The second kappa shape index (κ2) is 7.97. The van der Waals surface area contributed by atoms with Gasteiger partial charge in [0.2, 0.25) is 5.91 Å². The van der Waals surface area contributed by atoms with Gasteiger partial charge < -0.3 is 0 Å². The predicted molar refractivity (Wildman–Crippen MR) is 98.9 cm³/mol. The van der Waals surface area contributed by atoms with Gasteiger partial charge in [-0.2, -0.15) is 0 Å². The maximum absolute atomic E-state index is 12.7. The number of hydrogen-bond donors (Lipinski definition) is 0. The van der Waals surface area contributed by atoms with Gasteiger partial charge in [0.25, 0.3) is 0 Å². The maximum Gasteiger partial charge on any atom is 0.228 e. The number of amides is 1. The smallest absolute Gasteiger partial charge is 0.228 e. The van der Waals surface area contributed by atoms with Crippen LogP contribution in [0.2, 0.25) is 0 Å². The fourth-order valence-electron chi connectivity index (χ4n) is 3.34. The van der Waals surface area contributed by atoms with Crippen LogP contribution in [0.3, 0.4) is 0 Å². The van der Waals surface area contributed by atoms with Crippen molar-refractivity contribution in [3.8, 4) is 0 Å². The van der Waals surface area contributed by atoms with Gasteiger partial charge >= 0.3 is 0 Å². The lowest BCUT2D eigenvalue weighted by atomic mass is 10.0. The van der Waals surface area contributed by atoms with Crippen molar-refractivity contribution >= 4 is 34.3 Å². The third-order valence-electron chi connectivity index (χ3n) is 4.73. The Bertz CT molecular complexity index is 633. The first-order valence-electron chi connectivity index (χ1n) is 8.76. The number of nitrogens with zero attached hydrogens (tertiary/aromatic N) is 2. The molecule has 128 valence electrons. The Morgan fingerprint density at radius 3 is 2.54 bits per heavy atom. The van der Waals surface area contributed by atoms with Crippen molar-refractivity contribution in [2.24, 2.45) is 10.9 Å². The Kier molecular flexibility index (Phi) is 5.72. The third kappa shape index (κ3) is 4.26. The van der Waals surface area contributed by atoms with Crippen LogP contribution in [0.25, 0.3) is 0 Å². The summed E-state index contributed by atoms with van der Waals surface area (Å²) >= 11 is 1.65. The molecule has 0 radical (unpaired) electrons. The minimum atomic E-state index is 0.0506. The fraction of sp³-hybridized carbons (Fsp3) is 0.526. The minimum absolute atomic E-state index is 0.0506. The summed E-state index contributed by atoms with van der Waals surface area (Å²) in [6, 6.07) is 7.27. The first-order chi connectivity index (χ1) is 11.6. The Labute approximate surface area is 147 Å². The summed E-state index contributed by atoms with van der Waals surface area (Å²) in [4.78, 5) is 30.6. The van der Waals surface area contributed by atoms with E-state index in [4.69, 9.17) is 0 Å². The summed E-state index contributed by atoms with van der Waals surface area (Å²) in [5.41, 5.74) is 1.48. The lowest BCUT2D eigenvalue weighted by Crippen LogP contribution is -2.39. The average Bonchev–Trinajstić information content (AvgIpc) is 3.09. The Balaban J connectivity index is 1.73. The van der Waals surface area contributed by atoms with Crippen LogP contribution in [0.15, 0.2) is 29.3 Å². The summed E-state index contributed by atoms with van der Waals surface area (Å²) in [5, 5.41) is 0.805. The van der Waals surface area contributed by atoms with E-state index in [-0.39, 0.29) is 11.7 Å². The van der Waals surface area contributed by atoms with E-state index in [1.807, 2.05) is 17.0 Å². The van der Waals surface area contributed by atoms with Crippen LogP contribution >= 0.6 is 11.8 Å². The van der Waals surface area contributed by atoms with Gasteiger partial charge in [-0.3, -0.25) is 14.5 Å². The van der Waals surface area contributed by atoms with Gasteiger partial charge in [0.05, 0.1) is 5.69 Å². The number of carbonyl (C=O) groups is 2. The van der Waals surface area contributed by atoms with Crippen LogP contribution in [-0.4, -0.2) is 34.1 Å². The lowest BCUT2D eigenvalue weighted by Gasteiger charge is -2.28. The van der Waals surface area contributed by atoms with Gasteiger partial charge in [-0.1, -0.05) is 24.6 Å². The largest absolute Gasteiger partial charge is 0.295 e. The topological polar surface area (TPSA) is 49.7 Å². The second-order valence-electron chi connectivity index (χ2n) is 6.60. The molecular formula is C19H24N2O2S. The molecular weight excluding hydrogens is 320 g/mol. The van der Waals surface area contributed by atoms with Gasteiger partial charge in [0.15, 0.2) is 11.0 Å². The third-order valence-corrected chi connectivity index (χ3v) is 5.79. The molecule has 1 heterocycles. The number of thioether (sulfide) groups is 1. The zero-order valence-electron chi connectivity index (χ0n) is 14.2. The van der Waals surface area contributed by atoms with Gasteiger partial charge in [-0.05, 0) is 56.4 Å². The SMILES string of the molecule is CC(=O)c1ccc(N=C2SCCCN2C(=O)CC2CCCC2)cc1. The van der Waals surface area contributed by atoms with Crippen molar-refractivity contribution in [2.45, 2.75) is 45.4 Å². The van der Waals surface area contributed by atoms with Crippen molar-refractivity contribution in [3.63, 3.8) is 0 Å². The number of rotatable bonds is 4. The number of benzene rings is 1. The normalized spacial score (nSPS) is 20.5. The number of aliphatic imine (C=N–C) groups is 1. The van der Waals surface area contributed by atoms with Crippen LogP contribution in [0.5, 0.6) is 0 Å². The van der Waals surface area contributed by atoms with Gasteiger partial charge in [0, 0.05) is 24.3 Å². The number of carbonyl (C=O) groups excluding carboxylic acids is 2. The zero-order valence-corrected chi connectivity index (χ0v) is 15.0. The highest BCUT2D eigenvalue weighted by atomic mass is 32.2. The van der Waals surface area contributed by atoms with Crippen LogP contribution in [0.4, 0.5) is 5.69 Å². The molecule has 0 aromatic heterocycles. The van der Waals surface area contributed by atoms with E-state index < -0.39 is 0 Å². The highest BCUT2D eigenvalue weighted by Gasteiger charge is 2.27. The molecule has 1 aliphatic carbocycles. The fourth-order valence-corrected chi connectivity index (χ4v) is 4.31. The molecule has 0 atom stereocenters. The Morgan fingerprint density at radius 2 is 1.88 bits per heavy atom. The summed E-state index contributed by atoms with van der Waals surface area (Å²) in [6.45, 7) is 2.32. The van der Waals surface area contributed by atoms with E-state index in [1.54, 1.807) is 30.8 Å². The molecule has 1 aromatic rings. The maximum atomic E-state index is 12.7. The van der Waals surface area contributed by atoms with E-state index in [9.17, 15) is 9.59 Å². The van der Waals surface area contributed by atoms with Crippen LogP contribution < -0.4 is 0 Å². The van der Waals surface area contributed by atoms with Crippen LogP contribution in [-0.2, 0) is 4.79 Å². The first kappa shape index (κ1) is 17.2. The standard InChI is InChI=1S/C19H24N2O2S/c1-14(22)16-7-9-17(10-8-16)20-19-21(11-4-12-24-19)18(23)13-15-5-2-3-6-15/h7-10,15H,2-6,11-13H2,1H3. The molecule has 2 aliphatic rings. The Hall–Kier alpha value is -1.62. The molecule has 1 aromatic carbocycles. The number of amidine groups is 1. The molecule has 0 N–H and O–H groups in total. The van der Waals surface area contributed by atoms with E-state index >= 15 is 0 Å². The summed E-state index contributed by atoms with van der Waals surface area (Å²) in [6.07, 6.45) is 6.57. The molecule has 24 heavy (non-hydrogen) atoms. The predicted octanol–water partition coefficient (Wildman–Crippen LogP) is 4.42. The van der Waals surface area contributed by atoms with Gasteiger partial charge in [-0.25, -0.2) is 4.99 Å². The average molecular weight is 344 g/mol. The molecule has 0 unspecified atom stereocenters. The van der Waals surface area contributed by atoms with Crippen molar-refractivity contribution < 1.29 is 9.59 Å². The van der Waals surface area contributed by atoms with Crippen molar-refractivity contribution in [1.82, 2.24) is 4.90 Å². The van der Waals surface area contributed by atoms with E-state index in [0.29, 0.717) is 17.9 Å². The quantitative estimate of drug-likeness (QED) is 0.760. The highest BCUT2D eigenvalue weighted by molar-refractivity contribution is 8.13. The number of ketones is 1. The first-order valence-corrected chi connectivity index (χ1v) is 9.75. The van der Waals surface area contributed by atoms with E-state index in [1.165, 1.54) is 25.7 Å². The molecule has 1 amide bonds. The molecule has 1 saturated heterocycles. The molecule has 3 rings (SSSR count). The molecule has 0 bridgehead atoms. The second-order valence-corrected chi connectivity index (χ2v) is 7.66. The van der Waals surface area contributed by atoms with Crippen LogP contribution in [0.1, 0.15) is 55.8 Å². The van der Waals surface area contributed by atoms with Crippen molar-refractivity contribution in [1.29, 1.82) is 0 Å².